The maximum Gasteiger partial charge on any atom is 0.418 e. The van der Waals surface area contributed by atoms with E-state index in [1.165, 1.54) is 30.6 Å². The first-order chi connectivity index (χ1) is 12.6. The van der Waals surface area contributed by atoms with Crippen molar-refractivity contribution in [1.29, 1.82) is 0 Å². The van der Waals surface area contributed by atoms with E-state index in [0.29, 0.717) is 0 Å². The first-order valence-corrected chi connectivity index (χ1v) is 9.06. The molecule has 142 valence electrons. The Labute approximate surface area is 152 Å². The van der Waals surface area contributed by atoms with Crippen LogP contribution < -0.4 is 4.72 Å². The molecule has 0 amide bonds. The summed E-state index contributed by atoms with van der Waals surface area (Å²) in [5, 5.41) is 3.76. The van der Waals surface area contributed by atoms with Gasteiger partial charge in [-0.2, -0.15) is 18.3 Å². The van der Waals surface area contributed by atoms with E-state index in [9.17, 15) is 26.0 Å². The van der Waals surface area contributed by atoms with Gasteiger partial charge in [-0.1, -0.05) is 12.1 Å². The lowest BCUT2D eigenvalue weighted by atomic mass is 10.0. The monoisotopic (exact) mass is 399 g/mol. The molecule has 2 aromatic carbocycles. The van der Waals surface area contributed by atoms with E-state index in [-0.39, 0.29) is 11.1 Å². The number of hydrogen-bond donors (Lipinski definition) is 1. The van der Waals surface area contributed by atoms with Gasteiger partial charge in [-0.05, 0) is 48.5 Å². The van der Waals surface area contributed by atoms with E-state index < -0.39 is 38.2 Å². The fraction of sp³-hybridized carbons (Fsp3) is 0.118. The summed E-state index contributed by atoms with van der Waals surface area (Å²) in [6.07, 6.45) is -2.39. The molecule has 0 aliphatic carbocycles. The second-order valence-electron chi connectivity index (χ2n) is 5.53. The summed E-state index contributed by atoms with van der Waals surface area (Å²) in [6.45, 7) is 0. The van der Waals surface area contributed by atoms with Crippen molar-refractivity contribution in [1.82, 2.24) is 14.5 Å². The molecule has 0 bridgehead atoms. The standard InChI is InChI=1S/C17H13F4N3O2S/c1-22-27(25,26)15-10-12(11-3-5-13(18)6-4-11)9-14(17(19,20)21)16(15)24-8-2-7-23-24/h2-10,22H,1H3. The molecular weight excluding hydrogens is 386 g/mol. The molecule has 10 heteroatoms. The number of halogens is 4. The van der Waals surface area contributed by atoms with Gasteiger partial charge >= 0.3 is 6.18 Å². The molecule has 27 heavy (non-hydrogen) atoms. The van der Waals surface area contributed by atoms with Gasteiger partial charge in [0.1, 0.15) is 10.7 Å². The van der Waals surface area contributed by atoms with E-state index in [1.807, 2.05) is 4.72 Å². The van der Waals surface area contributed by atoms with Crippen LogP contribution in [0.5, 0.6) is 0 Å². The molecular formula is C17H13F4N3O2S. The Morgan fingerprint density at radius 1 is 1.07 bits per heavy atom. The zero-order chi connectivity index (χ0) is 19.8. The van der Waals surface area contributed by atoms with Gasteiger partial charge in [0.15, 0.2) is 0 Å². The number of rotatable bonds is 4. The van der Waals surface area contributed by atoms with Gasteiger partial charge in [-0.15, -0.1) is 0 Å². The van der Waals surface area contributed by atoms with Crippen LogP contribution in [0.4, 0.5) is 17.6 Å². The molecule has 5 nitrogen and oxygen atoms in total. The van der Waals surface area contributed by atoms with Crippen molar-refractivity contribution in [3.8, 4) is 16.8 Å². The largest absolute Gasteiger partial charge is 0.418 e. The number of alkyl halides is 3. The topological polar surface area (TPSA) is 64.0 Å². The van der Waals surface area contributed by atoms with Crippen LogP contribution in [0.3, 0.4) is 0 Å². The van der Waals surface area contributed by atoms with Gasteiger partial charge in [0.25, 0.3) is 0 Å². The molecule has 0 spiro atoms. The summed E-state index contributed by atoms with van der Waals surface area (Å²) < 4.78 is 82.2. The lowest BCUT2D eigenvalue weighted by Gasteiger charge is -2.19. The highest BCUT2D eigenvalue weighted by Crippen LogP contribution is 2.40. The Morgan fingerprint density at radius 3 is 2.26 bits per heavy atom. The summed E-state index contributed by atoms with van der Waals surface area (Å²) in [6, 6.07) is 8.00. The molecule has 0 fully saturated rings. The van der Waals surface area contributed by atoms with Gasteiger partial charge in [0.05, 0.1) is 11.3 Å². The van der Waals surface area contributed by atoms with Crippen molar-refractivity contribution in [2.75, 3.05) is 7.05 Å². The van der Waals surface area contributed by atoms with Crippen LogP contribution in [0.2, 0.25) is 0 Å². The lowest BCUT2D eigenvalue weighted by molar-refractivity contribution is -0.137. The second-order valence-corrected chi connectivity index (χ2v) is 7.39. The third kappa shape index (κ3) is 3.71. The average Bonchev–Trinajstić information content (AvgIpc) is 3.15. The smallest absolute Gasteiger partial charge is 0.239 e. The first kappa shape index (κ1) is 19.1. The molecule has 3 aromatic rings. The van der Waals surface area contributed by atoms with Crippen LogP contribution in [0.15, 0.2) is 59.8 Å². The van der Waals surface area contributed by atoms with Crippen LogP contribution in [0.25, 0.3) is 16.8 Å². The van der Waals surface area contributed by atoms with E-state index in [4.69, 9.17) is 0 Å². The van der Waals surface area contributed by atoms with E-state index in [0.717, 1.165) is 36.0 Å². The van der Waals surface area contributed by atoms with Crippen molar-refractivity contribution < 1.29 is 26.0 Å². The molecule has 0 unspecified atom stereocenters. The normalized spacial score (nSPS) is 12.3. The number of sulfonamides is 1. The molecule has 1 aromatic heterocycles. The van der Waals surface area contributed by atoms with Gasteiger partial charge < -0.3 is 0 Å². The predicted molar refractivity (Wildman–Crippen MR) is 90.2 cm³/mol. The minimum Gasteiger partial charge on any atom is -0.239 e. The summed E-state index contributed by atoms with van der Waals surface area (Å²) in [4.78, 5) is -0.595. The van der Waals surface area contributed by atoms with E-state index in [1.54, 1.807) is 0 Å². The molecule has 0 saturated carbocycles. The van der Waals surface area contributed by atoms with Crippen molar-refractivity contribution in [2.24, 2.45) is 0 Å². The fourth-order valence-electron chi connectivity index (χ4n) is 2.59. The molecule has 0 saturated heterocycles. The Balaban J connectivity index is 2.41. The summed E-state index contributed by atoms with van der Waals surface area (Å²) >= 11 is 0. The highest BCUT2D eigenvalue weighted by Gasteiger charge is 2.38. The van der Waals surface area contributed by atoms with Crippen LogP contribution in [-0.4, -0.2) is 25.2 Å². The van der Waals surface area contributed by atoms with E-state index in [2.05, 4.69) is 5.10 Å². The van der Waals surface area contributed by atoms with Crippen molar-refractivity contribution in [3.05, 3.63) is 66.2 Å². The molecule has 0 aliphatic heterocycles. The predicted octanol–water partition coefficient (Wildman–Crippen LogP) is 3.61. The second kappa shape index (κ2) is 6.78. The molecule has 1 heterocycles. The molecule has 0 aliphatic rings. The minimum absolute atomic E-state index is 0.0212. The van der Waals surface area contributed by atoms with Gasteiger partial charge in [0.2, 0.25) is 10.0 Å². The highest BCUT2D eigenvalue weighted by molar-refractivity contribution is 7.89. The lowest BCUT2D eigenvalue weighted by Crippen LogP contribution is -2.23. The fourth-order valence-corrected chi connectivity index (χ4v) is 3.55. The van der Waals surface area contributed by atoms with Crippen molar-refractivity contribution >= 4 is 10.0 Å². The molecule has 1 N–H and O–H groups in total. The van der Waals surface area contributed by atoms with E-state index >= 15 is 0 Å². The zero-order valence-electron chi connectivity index (χ0n) is 13.8. The van der Waals surface area contributed by atoms with Gasteiger partial charge in [0, 0.05) is 12.4 Å². The Morgan fingerprint density at radius 2 is 1.74 bits per heavy atom. The van der Waals surface area contributed by atoms with Crippen molar-refractivity contribution in [3.63, 3.8) is 0 Å². The quantitative estimate of drug-likeness (QED) is 0.682. The summed E-state index contributed by atoms with van der Waals surface area (Å²) in [5.74, 6) is -0.564. The third-order valence-corrected chi connectivity index (χ3v) is 5.28. The van der Waals surface area contributed by atoms with Gasteiger partial charge in [-0.25, -0.2) is 22.2 Å². The summed E-state index contributed by atoms with van der Waals surface area (Å²) in [5.41, 5.74) is -1.58. The van der Waals surface area contributed by atoms with Gasteiger partial charge in [-0.3, -0.25) is 0 Å². The van der Waals surface area contributed by atoms with Crippen LogP contribution in [0.1, 0.15) is 5.56 Å². The molecule has 3 rings (SSSR count). The maximum atomic E-state index is 13.8. The number of aromatic nitrogens is 2. The Hall–Kier alpha value is -2.72. The SMILES string of the molecule is CNS(=O)(=O)c1cc(-c2ccc(F)cc2)cc(C(F)(F)F)c1-n1cccn1. The number of nitrogens with one attached hydrogen (secondary N) is 1. The number of nitrogens with zero attached hydrogens (tertiary/aromatic N) is 2. The first-order valence-electron chi connectivity index (χ1n) is 7.58. The number of hydrogen-bond acceptors (Lipinski definition) is 3. The Bertz CT molecular complexity index is 1060. The highest BCUT2D eigenvalue weighted by atomic mass is 32.2. The average molecular weight is 399 g/mol. The molecule has 0 atom stereocenters. The minimum atomic E-state index is -4.85. The van der Waals surface area contributed by atoms with Crippen LogP contribution in [0, 0.1) is 5.82 Å². The zero-order valence-corrected chi connectivity index (χ0v) is 14.6. The maximum absolute atomic E-state index is 13.8. The van der Waals surface area contributed by atoms with Crippen LogP contribution in [-0.2, 0) is 16.2 Å². The number of benzene rings is 2. The van der Waals surface area contributed by atoms with Crippen LogP contribution >= 0.6 is 0 Å². The Kier molecular flexibility index (Phi) is 4.79. The summed E-state index contributed by atoms with van der Waals surface area (Å²) in [7, 11) is -3.16. The third-order valence-electron chi connectivity index (χ3n) is 3.85. The van der Waals surface area contributed by atoms with Crippen molar-refractivity contribution in [2.45, 2.75) is 11.1 Å². The molecule has 0 radical (unpaired) electrons.